The van der Waals surface area contributed by atoms with Crippen LogP contribution in [0, 0.1) is 5.92 Å². The summed E-state index contributed by atoms with van der Waals surface area (Å²) in [7, 11) is -3.47. The minimum atomic E-state index is -3.47. The van der Waals surface area contributed by atoms with Crippen LogP contribution < -0.4 is 0 Å². The van der Waals surface area contributed by atoms with Gasteiger partial charge in [-0.15, -0.1) is 0 Å². The quantitative estimate of drug-likeness (QED) is 0.722. The summed E-state index contributed by atoms with van der Waals surface area (Å²) >= 11 is 0. The lowest BCUT2D eigenvalue weighted by Crippen LogP contribution is -2.55. The Morgan fingerprint density at radius 3 is 2.41 bits per heavy atom. The van der Waals surface area contributed by atoms with Gasteiger partial charge in [-0.2, -0.15) is 0 Å². The predicted molar refractivity (Wildman–Crippen MR) is 82.0 cm³/mol. The van der Waals surface area contributed by atoms with Gasteiger partial charge in [-0.1, -0.05) is 12.8 Å². The molecule has 2 rings (SSSR count). The molecule has 2 aliphatic rings. The fourth-order valence-corrected chi connectivity index (χ4v) is 5.07. The molecule has 6 nitrogen and oxygen atoms in total. The smallest absolute Gasteiger partial charge is 0.310 e. The predicted octanol–water partition coefficient (Wildman–Crippen LogP) is 1.15. The van der Waals surface area contributed by atoms with Crippen LogP contribution in [0.1, 0.15) is 45.4 Å². The van der Waals surface area contributed by atoms with Crippen molar-refractivity contribution in [3.63, 3.8) is 0 Å². The van der Waals surface area contributed by atoms with Gasteiger partial charge in [0.05, 0.1) is 12.5 Å². The first-order valence-corrected chi connectivity index (χ1v) is 9.86. The Morgan fingerprint density at radius 2 is 1.86 bits per heavy atom. The molecule has 0 aromatic rings. The van der Waals surface area contributed by atoms with Crippen molar-refractivity contribution in [3.05, 3.63) is 0 Å². The number of nitrogens with zero attached hydrogens (tertiary/aromatic N) is 1. The largest absolute Gasteiger partial charge is 0.466 e. The zero-order valence-corrected chi connectivity index (χ0v) is 14.2. The number of sulfone groups is 1. The third kappa shape index (κ3) is 3.14. The Morgan fingerprint density at radius 1 is 1.23 bits per heavy atom. The molecule has 0 aromatic carbocycles. The molecule has 1 saturated carbocycles. The van der Waals surface area contributed by atoms with Gasteiger partial charge < -0.3 is 9.64 Å². The highest BCUT2D eigenvalue weighted by Gasteiger charge is 2.52. The molecular weight excluding hydrogens is 306 g/mol. The summed E-state index contributed by atoms with van der Waals surface area (Å²) in [6, 6.07) is 0. The fourth-order valence-electron chi connectivity index (χ4n) is 3.59. The molecule has 0 spiro atoms. The van der Waals surface area contributed by atoms with E-state index in [4.69, 9.17) is 4.74 Å². The van der Waals surface area contributed by atoms with E-state index in [0.29, 0.717) is 38.8 Å². The van der Waals surface area contributed by atoms with Gasteiger partial charge in [0.15, 0.2) is 14.6 Å². The third-order valence-corrected chi connectivity index (χ3v) is 6.84. The summed E-state index contributed by atoms with van der Waals surface area (Å²) in [5.74, 6) is -0.947. The molecule has 0 aromatic heterocycles. The van der Waals surface area contributed by atoms with Crippen LogP contribution >= 0.6 is 0 Å². The molecule has 1 amide bonds. The van der Waals surface area contributed by atoms with Crippen molar-refractivity contribution in [1.82, 2.24) is 4.90 Å². The molecule has 1 aliphatic heterocycles. The van der Waals surface area contributed by atoms with Gasteiger partial charge in [0.1, 0.15) is 0 Å². The van der Waals surface area contributed by atoms with Crippen molar-refractivity contribution >= 4 is 21.7 Å². The lowest BCUT2D eigenvalue weighted by Gasteiger charge is -2.37. The van der Waals surface area contributed by atoms with Crippen molar-refractivity contribution < 1.29 is 22.7 Å². The molecule has 126 valence electrons. The second-order valence-electron chi connectivity index (χ2n) is 6.32. The number of hydrogen-bond acceptors (Lipinski definition) is 5. The van der Waals surface area contributed by atoms with Crippen LogP contribution in [0.15, 0.2) is 0 Å². The van der Waals surface area contributed by atoms with Crippen LogP contribution in [0.25, 0.3) is 0 Å². The molecule has 0 N–H and O–H groups in total. The number of piperidine rings is 1. The van der Waals surface area contributed by atoms with E-state index in [1.165, 1.54) is 0 Å². The number of carbonyl (C=O) groups is 2. The van der Waals surface area contributed by atoms with Gasteiger partial charge in [0.2, 0.25) is 5.91 Å². The van der Waals surface area contributed by atoms with Crippen molar-refractivity contribution in [2.24, 2.45) is 5.92 Å². The third-order valence-electron chi connectivity index (χ3n) is 4.84. The first kappa shape index (κ1) is 17.2. The van der Waals surface area contributed by atoms with E-state index < -0.39 is 14.6 Å². The Kier molecular flexibility index (Phi) is 5.14. The normalized spacial score (nSPS) is 25.0. The standard InChI is InChI=1S/C15H25NO5S/c1-3-21-13(17)12-7-6-10-16(11-12)14(18)15(22(2,19)20)8-4-5-9-15/h12H,3-11H2,1-2H3. The average molecular weight is 331 g/mol. The van der Waals surface area contributed by atoms with E-state index in [1.54, 1.807) is 11.8 Å². The summed E-state index contributed by atoms with van der Waals surface area (Å²) in [6.45, 7) is 2.86. The number of esters is 1. The van der Waals surface area contributed by atoms with Crippen LogP contribution in [0.4, 0.5) is 0 Å². The fraction of sp³-hybridized carbons (Fsp3) is 0.867. The molecule has 1 heterocycles. The van der Waals surface area contributed by atoms with E-state index in [-0.39, 0.29) is 24.3 Å². The highest BCUT2D eigenvalue weighted by Crippen LogP contribution is 2.39. The minimum absolute atomic E-state index is 0.273. The van der Waals surface area contributed by atoms with E-state index in [9.17, 15) is 18.0 Å². The summed E-state index contributed by atoms with van der Waals surface area (Å²) in [5.41, 5.74) is 0. The first-order valence-electron chi connectivity index (χ1n) is 7.97. The van der Waals surface area contributed by atoms with Crippen LogP contribution in [-0.4, -0.2) is 55.9 Å². The maximum Gasteiger partial charge on any atom is 0.310 e. The summed E-state index contributed by atoms with van der Waals surface area (Å²) in [6.07, 6.45) is 4.85. The molecule has 0 bridgehead atoms. The van der Waals surface area contributed by atoms with E-state index in [0.717, 1.165) is 19.1 Å². The second-order valence-corrected chi connectivity index (χ2v) is 8.64. The van der Waals surface area contributed by atoms with Crippen molar-refractivity contribution in [2.45, 2.75) is 50.2 Å². The molecule has 7 heteroatoms. The lowest BCUT2D eigenvalue weighted by atomic mass is 9.96. The Bertz CT molecular complexity index is 536. The number of carbonyl (C=O) groups excluding carboxylic acids is 2. The van der Waals surface area contributed by atoms with Crippen LogP contribution in [-0.2, 0) is 24.2 Å². The second kappa shape index (κ2) is 6.56. The van der Waals surface area contributed by atoms with Crippen LogP contribution in [0.5, 0.6) is 0 Å². The van der Waals surface area contributed by atoms with Gasteiger partial charge in [0, 0.05) is 19.3 Å². The molecule has 0 radical (unpaired) electrons. The number of amides is 1. The topological polar surface area (TPSA) is 80.8 Å². The molecule has 1 unspecified atom stereocenters. The molecule has 1 aliphatic carbocycles. The van der Waals surface area contributed by atoms with Crippen molar-refractivity contribution in [1.29, 1.82) is 0 Å². The van der Waals surface area contributed by atoms with Crippen molar-refractivity contribution in [2.75, 3.05) is 26.0 Å². The first-order chi connectivity index (χ1) is 10.3. The van der Waals surface area contributed by atoms with Gasteiger partial charge in [0.25, 0.3) is 0 Å². The molecule has 1 saturated heterocycles. The zero-order chi connectivity index (χ0) is 16.4. The Hall–Kier alpha value is -1.11. The van der Waals surface area contributed by atoms with Gasteiger partial charge in [-0.3, -0.25) is 9.59 Å². The number of rotatable bonds is 4. The summed E-state index contributed by atoms with van der Waals surface area (Å²) in [4.78, 5) is 26.3. The van der Waals surface area contributed by atoms with Gasteiger partial charge >= 0.3 is 5.97 Å². The number of hydrogen-bond donors (Lipinski definition) is 0. The maximum atomic E-state index is 12.9. The molecular formula is C15H25NO5S. The lowest BCUT2D eigenvalue weighted by molar-refractivity contribution is -0.151. The SMILES string of the molecule is CCOC(=O)C1CCCN(C(=O)C2(S(C)(=O)=O)CCCC2)C1. The Balaban J connectivity index is 2.16. The van der Waals surface area contributed by atoms with Gasteiger partial charge in [-0.25, -0.2) is 8.42 Å². The monoisotopic (exact) mass is 331 g/mol. The Labute approximate surface area is 132 Å². The summed E-state index contributed by atoms with van der Waals surface area (Å²) in [5, 5.41) is 0. The van der Waals surface area contributed by atoms with Crippen LogP contribution in [0.3, 0.4) is 0 Å². The number of likely N-dealkylation sites (tertiary alicyclic amines) is 1. The highest BCUT2D eigenvalue weighted by molar-refractivity contribution is 7.92. The van der Waals surface area contributed by atoms with Crippen LogP contribution in [0.2, 0.25) is 0 Å². The average Bonchev–Trinajstić information content (AvgIpc) is 2.97. The molecule has 2 fully saturated rings. The zero-order valence-electron chi connectivity index (χ0n) is 13.3. The van der Waals surface area contributed by atoms with E-state index >= 15 is 0 Å². The summed E-state index contributed by atoms with van der Waals surface area (Å²) < 4.78 is 28.2. The van der Waals surface area contributed by atoms with E-state index in [2.05, 4.69) is 0 Å². The molecule has 22 heavy (non-hydrogen) atoms. The highest BCUT2D eigenvalue weighted by atomic mass is 32.2. The number of ether oxygens (including phenoxy) is 1. The van der Waals surface area contributed by atoms with E-state index in [1.807, 2.05) is 0 Å². The van der Waals surface area contributed by atoms with Gasteiger partial charge in [-0.05, 0) is 32.6 Å². The minimum Gasteiger partial charge on any atom is -0.466 e. The maximum absolute atomic E-state index is 12.9. The van der Waals surface area contributed by atoms with Crippen molar-refractivity contribution in [3.8, 4) is 0 Å². The molecule has 1 atom stereocenters.